The quantitative estimate of drug-likeness (QED) is 0.109. The van der Waals surface area contributed by atoms with E-state index in [4.69, 9.17) is 4.98 Å². The average molecular weight is 632 g/mol. The summed E-state index contributed by atoms with van der Waals surface area (Å²) in [4.78, 5) is 5.21. The van der Waals surface area contributed by atoms with Crippen molar-refractivity contribution in [2.75, 3.05) is 0 Å². The topological polar surface area (TPSA) is 17.3 Å². The summed E-state index contributed by atoms with van der Waals surface area (Å²) < 4.78 is 2.36. The van der Waals surface area contributed by atoms with Gasteiger partial charge in [-0.25, -0.2) is 0 Å². The first-order chi connectivity index (χ1) is 21.2. The Kier molecular flexibility index (Phi) is 5.52. The van der Waals surface area contributed by atoms with Crippen molar-refractivity contribution < 1.29 is 0 Å². The van der Waals surface area contributed by atoms with Gasteiger partial charge < -0.3 is 0 Å². The zero-order valence-corrected chi connectivity index (χ0v) is 25.8. The normalized spacial score (nSPS) is 12.3. The summed E-state index contributed by atoms with van der Waals surface area (Å²) in [5.41, 5.74) is 2.15. The second-order valence-corrected chi connectivity index (χ2v) is 17.4. The molecular formula is C39H25N2PSe. The minimum atomic E-state index is -2.17. The van der Waals surface area contributed by atoms with E-state index in [1.807, 2.05) is 0 Å². The molecule has 0 aliphatic rings. The van der Waals surface area contributed by atoms with Crippen LogP contribution in [0, 0.1) is 0 Å². The Labute approximate surface area is 256 Å². The van der Waals surface area contributed by atoms with Gasteiger partial charge in [0.25, 0.3) is 0 Å². The predicted molar refractivity (Wildman–Crippen MR) is 187 cm³/mol. The van der Waals surface area contributed by atoms with E-state index in [0.29, 0.717) is 0 Å². The van der Waals surface area contributed by atoms with Crippen molar-refractivity contribution in [3.63, 3.8) is 0 Å². The Morgan fingerprint density at radius 1 is 0.442 bits per heavy atom. The Bertz CT molecular complexity index is 2530. The molecule has 43 heavy (non-hydrogen) atoms. The van der Waals surface area contributed by atoms with Gasteiger partial charge in [0.1, 0.15) is 0 Å². The second kappa shape index (κ2) is 9.49. The van der Waals surface area contributed by atoms with Crippen LogP contribution in [0.3, 0.4) is 0 Å². The summed E-state index contributed by atoms with van der Waals surface area (Å²) in [5, 5.41) is 12.6. The number of pyridine rings is 1. The molecule has 7 aromatic carbocycles. The zero-order valence-electron chi connectivity index (χ0n) is 23.2. The van der Waals surface area contributed by atoms with Crippen molar-refractivity contribution >= 4 is 96.4 Å². The van der Waals surface area contributed by atoms with Gasteiger partial charge in [0, 0.05) is 0 Å². The van der Waals surface area contributed by atoms with Crippen LogP contribution in [-0.2, 0) is 0 Å². The van der Waals surface area contributed by atoms with E-state index in [1.54, 1.807) is 0 Å². The van der Waals surface area contributed by atoms with Gasteiger partial charge >= 0.3 is 257 Å². The number of hydrogen-bond donors (Lipinski definition) is 0. The third kappa shape index (κ3) is 3.73. The fraction of sp³-hybridized carbons (Fsp3) is 0. The first-order valence-corrected chi connectivity index (χ1v) is 18.5. The van der Waals surface area contributed by atoms with Crippen LogP contribution in [0.2, 0.25) is 0 Å². The van der Waals surface area contributed by atoms with Crippen LogP contribution in [0.15, 0.2) is 152 Å². The van der Waals surface area contributed by atoms with Crippen molar-refractivity contribution in [3.8, 4) is 0 Å². The van der Waals surface area contributed by atoms with Gasteiger partial charge in [-0.2, -0.15) is 0 Å². The maximum absolute atomic E-state index is 5.21. The molecule has 0 aliphatic heterocycles. The average Bonchev–Trinajstić information content (AvgIpc) is 3.47. The third-order valence-electron chi connectivity index (χ3n) is 8.80. The van der Waals surface area contributed by atoms with E-state index in [2.05, 4.69) is 171 Å². The molecule has 0 bridgehead atoms. The number of para-hydroxylation sites is 1. The molecule has 9 rings (SSSR count). The molecule has 0 fully saturated rings. The molecule has 0 N–H and O–H groups in total. The molecule has 0 atom stereocenters. The SMILES string of the molecule is [Se]=P(c1ccc2ccccc2c1)(c1ccc2ccccc2c1)c1ccc2nc3c4ccccc4c4ccccc4n3c2c1. The molecule has 0 unspecified atom stereocenters. The van der Waals surface area contributed by atoms with Crippen LogP contribution in [0.25, 0.3) is 59.9 Å². The molecule has 4 heteroatoms. The molecule has 0 amide bonds. The number of aromatic nitrogens is 2. The van der Waals surface area contributed by atoms with E-state index >= 15 is 0 Å². The number of imidazole rings is 1. The number of hydrogen-bond acceptors (Lipinski definition) is 1. The fourth-order valence-corrected chi connectivity index (χ4v) is 11.5. The van der Waals surface area contributed by atoms with Crippen molar-refractivity contribution in [1.29, 1.82) is 0 Å². The molecule has 0 radical (unpaired) electrons. The summed E-state index contributed by atoms with van der Waals surface area (Å²) in [6, 6.07) is 55.5. The van der Waals surface area contributed by atoms with E-state index in [0.717, 1.165) is 16.7 Å². The van der Waals surface area contributed by atoms with E-state index in [1.165, 1.54) is 59.1 Å². The Morgan fingerprint density at radius 3 is 1.63 bits per heavy atom. The van der Waals surface area contributed by atoms with E-state index in [-0.39, 0.29) is 0 Å². The van der Waals surface area contributed by atoms with Crippen molar-refractivity contribution in [1.82, 2.24) is 9.38 Å². The molecule has 9 aromatic rings. The first-order valence-electron chi connectivity index (χ1n) is 14.5. The molecule has 0 saturated heterocycles. The first kappa shape index (κ1) is 25.0. The van der Waals surface area contributed by atoms with Crippen LogP contribution in [0.1, 0.15) is 0 Å². The monoisotopic (exact) mass is 632 g/mol. The van der Waals surface area contributed by atoms with Gasteiger partial charge in [0.15, 0.2) is 0 Å². The summed E-state index contributed by atoms with van der Waals surface area (Å²) in [7, 11) is 0. The zero-order chi connectivity index (χ0) is 28.5. The van der Waals surface area contributed by atoms with Crippen molar-refractivity contribution in [2.45, 2.75) is 0 Å². The van der Waals surface area contributed by atoms with E-state index < -0.39 is 5.51 Å². The Balaban J connectivity index is 1.38. The van der Waals surface area contributed by atoms with Gasteiger partial charge in [-0.05, 0) is 0 Å². The van der Waals surface area contributed by atoms with Gasteiger partial charge in [-0.1, -0.05) is 0 Å². The van der Waals surface area contributed by atoms with Crippen LogP contribution in [-0.4, -0.2) is 24.5 Å². The molecule has 202 valence electrons. The van der Waals surface area contributed by atoms with Gasteiger partial charge in [-0.15, -0.1) is 0 Å². The molecule has 0 saturated carbocycles. The van der Waals surface area contributed by atoms with Crippen LogP contribution in [0.5, 0.6) is 0 Å². The minimum absolute atomic E-state index is 1.00. The molecule has 2 nitrogen and oxygen atoms in total. The van der Waals surface area contributed by atoms with Crippen LogP contribution >= 0.6 is 5.51 Å². The van der Waals surface area contributed by atoms with Gasteiger partial charge in [0.2, 0.25) is 0 Å². The van der Waals surface area contributed by atoms with E-state index in [9.17, 15) is 0 Å². The molecule has 0 aliphatic carbocycles. The summed E-state index contributed by atoms with van der Waals surface area (Å²) in [5.74, 6) is 0. The number of fused-ring (bicyclic) bond motifs is 10. The summed E-state index contributed by atoms with van der Waals surface area (Å²) >= 11 is 3.82. The second-order valence-electron chi connectivity index (χ2n) is 11.2. The predicted octanol–water partition coefficient (Wildman–Crippen LogP) is 8.48. The maximum atomic E-state index is 5.21. The number of nitrogens with zero attached hydrogens (tertiary/aromatic N) is 2. The van der Waals surface area contributed by atoms with Gasteiger partial charge in [0.05, 0.1) is 0 Å². The fourth-order valence-electron chi connectivity index (χ4n) is 6.69. The molecule has 0 spiro atoms. The summed E-state index contributed by atoms with van der Waals surface area (Å²) in [6.07, 6.45) is 0. The Hall–Kier alpha value is -4.52. The van der Waals surface area contributed by atoms with Crippen LogP contribution < -0.4 is 15.9 Å². The van der Waals surface area contributed by atoms with Crippen molar-refractivity contribution in [3.05, 3.63) is 152 Å². The van der Waals surface area contributed by atoms with Crippen molar-refractivity contribution in [2.24, 2.45) is 0 Å². The van der Waals surface area contributed by atoms with Crippen LogP contribution in [0.4, 0.5) is 0 Å². The number of rotatable bonds is 3. The standard InChI is InChI=1S/C39H25N2PSe/c43-42(30-19-17-26-9-1-3-11-28(26)23-30,31-20-18-27-10-2-4-12-29(27)24-31)32-21-22-36-38(25-32)41-37-16-8-7-14-34(37)33-13-5-6-15-35(33)39(41)40-36/h1-25H. The third-order valence-corrected chi connectivity index (χ3v) is 15.8. The van der Waals surface area contributed by atoms with Gasteiger partial charge in [-0.3, -0.25) is 0 Å². The molecule has 2 aromatic heterocycles. The summed E-state index contributed by atoms with van der Waals surface area (Å²) in [6.45, 7) is 0. The molecular weight excluding hydrogens is 606 g/mol. The molecule has 2 heterocycles. The number of benzene rings is 7. The Morgan fingerprint density at radius 2 is 0.953 bits per heavy atom.